The van der Waals surface area contributed by atoms with E-state index >= 15 is 0 Å². The molecule has 6 heteroatoms. The maximum atomic E-state index is 12.6. The summed E-state index contributed by atoms with van der Waals surface area (Å²) in [5, 5.41) is 7.74. The molecule has 0 radical (unpaired) electrons. The van der Waals surface area contributed by atoms with E-state index in [1.807, 2.05) is 42.6 Å². The number of carbonyl (C=O) groups is 1. The molecule has 1 aliphatic rings. The van der Waals surface area contributed by atoms with Crippen LogP contribution in [0.15, 0.2) is 60.8 Å². The Balaban J connectivity index is 1.46. The Labute approximate surface area is 182 Å². The molecule has 1 unspecified atom stereocenters. The number of ether oxygens (including phenoxy) is 2. The van der Waals surface area contributed by atoms with Gasteiger partial charge in [0.15, 0.2) is 0 Å². The lowest BCUT2D eigenvalue weighted by molar-refractivity contribution is -0.117. The molecule has 4 rings (SSSR count). The molecule has 0 fully saturated rings. The third kappa shape index (κ3) is 4.79. The van der Waals surface area contributed by atoms with Crippen LogP contribution in [-0.2, 0) is 17.8 Å². The van der Waals surface area contributed by atoms with E-state index < -0.39 is 0 Å². The summed E-state index contributed by atoms with van der Waals surface area (Å²) < 4.78 is 12.7. The van der Waals surface area contributed by atoms with Crippen molar-refractivity contribution in [3.05, 3.63) is 83.2 Å². The molecule has 1 atom stereocenters. The Bertz CT molecular complexity index is 1070. The highest BCUT2D eigenvalue weighted by Gasteiger charge is 2.25. The summed E-state index contributed by atoms with van der Waals surface area (Å²) >= 11 is 0. The van der Waals surface area contributed by atoms with Crippen LogP contribution in [0.2, 0.25) is 0 Å². The highest BCUT2D eigenvalue weighted by Crippen LogP contribution is 2.30. The van der Waals surface area contributed by atoms with Crippen LogP contribution in [0.5, 0.6) is 11.5 Å². The Morgan fingerprint density at radius 3 is 2.81 bits per heavy atom. The van der Waals surface area contributed by atoms with Crippen LogP contribution in [0.4, 0.5) is 0 Å². The van der Waals surface area contributed by atoms with Crippen molar-refractivity contribution in [2.24, 2.45) is 0 Å². The minimum atomic E-state index is -0.140. The molecule has 0 saturated heterocycles. The lowest BCUT2D eigenvalue weighted by atomic mass is 9.93. The minimum absolute atomic E-state index is 0.0300. The van der Waals surface area contributed by atoms with Crippen LogP contribution in [0.1, 0.15) is 41.3 Å². The molecule has 0 aliphatic heterocycles. The van der Waals surface area contributed by atoms with Gasteiger partial charge < -0.3 is 14.8 Å². The highest BCUT2D eigenvalue weighted by molar-refractivity contribution is 5.92. The number of amides is 1. The quantitative estimate of drug-likeness (QED) is 0.587. The Kier molecular flexibility index (Phi) is 6.36. The maximum Gasteiger partial charge on any atom is 0.244 e. The molecular formula is C25H27N3O3. The topological polar surface area (TPSA) is 65.4 Å². The number of hydrogen-bond acceptors (Lipinski definition) is 4. The predicted octanol–water partition coefficient (Wildman–Crippen LogP) is 4.16. The van der Waals surface area contributed by atoms with E-state index in [4.69, 9.17) is 9.47 Å². The van der Waals surface area contributed by atoms with Gasteiger partial charge >= 0.3 is 0 Å². The van der Waals surface area contributed by atoms with Crippen LogP contribution >= 0.6 is 0 Å². The minimum Gasteiger partial charge on any atom is -0.497 e. The fourth-order valence-electron chi connectivity index (χ4n) is 4.02. The van der Waals surface area contributed by atoms with Gasteiger partial charge in [0, 0.05) is 22.9 Å². The van der Waals surface area contributed by atoms with Gasteiger partial charge in [-0.1, -0.05) is 30.3 Å². The zero-order valence-corrected chi connectivity index (χ0v) is 17.9. The van der Waals surface area contributed by atoms with E-state index in [1.54, 1.807) is 26.4 Å². The van der Waals surface area contributed by atoms with Crippen LogP contribution in [-0.4, -0.2) is 29.9 Å². The van der Waals surface area contributed by atoms with Gasteiger partial charge in [-0.05, 0) is 49.1 Å². The molecule has 1 heterocycles. The average molecular weight is 418 g/mol. The highest BCUT2D eigenvalue weighted by atomic mass is 16.5. The predicted molar refractivity (Wildman–Crippen MR) is 120 cm³/mol. The van der Waals surface area contributed by atoms with Gasteiger partial charge in [-0.25, -0.2) is 0 Å². The molecule has 1 aromatic heterocycles. The van der Waals surface area contributed by atoms with Gasteiger partial charge in [-0.2, -0.15) is 5.10 Å². The Morgan fingerprint density at radius 2 is 2.03 bits per heavy atom. The molecule has 31 heavy (non-hydrogen) atoms. The van der Waals surface area contributed by atoms with Gasteiger partial charge in [0.2, 0.25) is 5.91 Å². The van der Waals surface area contributed by atoms with Crippen molar-refractivity contribution >= 4 is 12.0 Å². The zero-order valence-electron chi connectivity index (χ0n) is 17.9. The summed E-state index contributed by atoms with van der Waals surface area (Å²) in [6.45, 7) is 0.742. The smallest absolute Gasteiger partial charge is 0.244 e. The summed E-state index contributed by atoms with van der Waals surface area (Å²) in [4.78, 5) is 12.6. The van der Waals surface area contributed by atoms with Gasteiger partial charge in [0.1, 0.15) is 11.5 Å². The number of nitrogens with zero attached hydrogens (tertiary/aromatic N) is 2. The fraction of sp³-hybridized carbons (Fsp3) is 0.280. The Hall–Kier alpha value is -3.54. The first-order valence-corrected chi connectivity index (χ1v) is 10.5. The monoisotopic (exact) mass is 417 g/mol. The molecule has 0 saturated carbocycles. The molecule has 160 valence electrons. The summed E-state index contributed by atoms with van der Waals surface area (Å²) in [7, 11) is 3.22. The van der Waals surface area contributed by atoms with Gasteiger partial charge in [0.25, 0.3) is 0 Å². The number of hydrogen-bond donors (Lipinski definition) is 1. The molecule has 3 aromatic rings. The number of benzene rings is 2. The van der Waals surface area contributed by atoms with Crippen LogP contribution in [0.3, 0.4) is 0 Å². The second-order valence-corrected chi connectivity index (χ2v) is 7.58. The number of carbonyl (C=O) groups excluding carboxylic acids is 1. The zero-order chi connectivity index (χ0) is 21.6. The maximum absolute atomic E-state index is 12.6. The van der Waals surface area contributed by atoms with Crippen LogP contribution in [0.25, 0.3) is 6.08 Å². The number of fused-ring (bicyclic) bond motifs is 1. The first kappa shape index (κ1) is 20.7. The number of methoxy groups -OCH3 is 2. The third-order valence-electron chi connectivity index (χ3n) is 5.61. The average Bonchev–Trinajstić information content (AvgIpc) is 3.22. The summed E-state index contributed by atoms with van der Waals surface area (Å²) in [5.41, 5.74) is 4.33. The van der Waals surface area contributed by atoms with E-state index in [0.717, 1.165) is 36.9 Å². The normalized spacial score (nSPS) is 15.5. The van der Waals surface area contributed by atoms with Crippen LogP contribution < -0.4 is 14.8 Å². The van der Waals surface area contributed by atoms with E-state index in [1.165, 1.54) is 11.3 Å². The van der Waals surface area contributed by atoms with Crippen molar-refractivity contribution in [1.29, 1.82) is 0 Å². The first-order chi connectivity index (χ1) is 15.2. The molecule has 1 aliphatic carbocycles. The largest absolute Gasteiger partial charge is 0.497 e. The van der Waals surface area contributed by atoms with Crippen molar-refractivity contribution in [1.82, 2.24) is 15.1 Å². The Morgan fingerprint density at radius 1 is 1.19 bits per heavy atom. The first-order valence-electron chi connectivity index (χ1n) is 10.5. The number of rotatable bonds is 7. The summed E-state index contributed by atoms with van der Waals surface area (Å²) in [6, 6.07) is 15.8. The van der Waals surface area contributed by atoms with Gasteiger partial charge in [0.05, 0.1) is 33.0 Å². The van der Waals surface area contributed by atoms with E-state index in [-0.39, 0.29) is 11.9 Å². The molecular weight excluding hydrogens is 390 g/mol. The molecule has 1 N–H and O–H groups in total. The van der Waals surface area contributed by atoms with Crippen molar-refractivity contribution in [2.45, 2.75) is 31.8 Å². The van der Waals surface area contributed by atoms with Crippen molar-refractivity contribution < 1.29 is 14.3 Å². The van der Waals surface area contributed by atoms with Gasteiger partial charge in [-0.3, -0.25) is 9.48 Å². The standard InChI is InChI=1S/C25H27N3O3/c1-30-20-12-13-24(31-2)19(15-20)11-14-25(29)27-22-9-6-10-23-21(22)16-26-28(23)17-18-7-4-3-5-8-18/h3-5,7-8,11-16,22H,6,9-10,17H2,1-2H3,(H,27,29)/b14-11+. The van der Waals surface area contributed by atoms with Gasteiger partial charge in [-0.15, -0.1) is 0 Å². The number of nitrogens with one attached hydrogen (secondary N) is 1. The third-order valence-corrected chi connectivity index (χ3v) is 5.61. The lowest BCUT2D eigenvalue weighted by Crippen LogP contribution is -2.29. The second-order valence-electron chi connectivity index (χ2n) is 7.58. The van der Waals surface area contributed by atoms with E-state index in [2.05, 4.69) is 27.2 Å². The molecule has 0 bridgehead atoms. The molecule has 2 aromatic carbocycles. The van der Waals surface area contributed by atoms with Crippen molar-refractivity contribution in [3.63, 3.8) is 0 Å². The summed E-state index contributed by atoms with van der Waals surface area (Å²) in [6.07, 6.45) is 8.10. The number of aromatic nitrogens is 2. The van der Waals surface area contributed by atoms with Crippen LogP contribution in [0, 0.1) is 0 Å². The fourth-order valence-corrected chi connectivity index (χ4v) is 4.02. The van der Waals surface area contributed by atoms with E-state index in [0.29, 0.717) is 11.5 Å². The van der Waals surface area contributed by atoms with E-state index in [9.17, 15) is 4.79 Å². The van der Waals surface area contributed by atoms with Crippen molar-refractivity contribution in [3.8, 4) is 11.5 Å². The summed E-state index contributed by atoms with van der Waals surface area (Å²) in [5.74, 6) is 1.26. The lowest BCUT2D eigenvalue weighted by Gasteiger charge is -2.23. The van der Waals surface area contributed by atoms with Crippen molar-refractivity contribution in [2.75, 3.05) is 14.2 Å². The SMILES string of the molecule is COc1ccc(OC)c(/C=C/C(=O)NC2CCCc3c2cnn3Cc2ccccc2)c1. The molecule has 6 nitrogen and oxygen atoms in total. The second kappa shape index (κ2) is 9.51. The molecule has 0 spiro atoms. The molecule has 1 amide bonds.